The van der Waals surface area contributed by atoms with E-state index >= 15 is 0 Å². The first-order chi connectivity index (χ1) is 9.08. The SMILES string of the molecule is N=C(N=C(N)N)SCn1nnc2ccccc2c1=O. The van der Waals surface area contributed by atoms with Crippen LogP contribution in [0.4, 0.5) is 0 Å². The second-order valence-corrected chi connectivity index (χ2v) is 4.46. The maximum atomic E-state index is 12.1. The molecule has 0 saturated carbocycles. The minimum absolute atomic E-state index is 0.0955. The molecule has 0 aliphatic carbocycles. The number of hydrogen-bond donors (Lipinski definition) is 3. The Bertz CT molecular complexity index is 704. The summed E-state index contributed by atoms with van der Waals surface area (Å²) in [6.07, 6.45) is 0. The van der Waals surface area contributed by atoms with Crippen molar-refractivity contribution in [1.29, 1.82) is 5.41 Å². The van der Waals surface area contributed by atoms with Crippen LogP contribution >= 0.6 is 11.8 Å². The number of aliphatic imine (C=N–C) groups is 1. The number of hydrogen-bond acceptors (Lipinski definition) is 5. The molecular weight excluding hydrogens is 266 g/mol. The lowest BCUT2D eigenvalue weighted by molar-refractivity contribution is 0.646. The molecule has 2 aromatic rings. The van der Waals surface area contributed by atoms with E-state index in [0.717, 1.165) is 16.4 Å². The molecule has 0 bridgehead atoms. The molecule has 19 heavy (non-hydrogen) atoms. The van der Waals surface area contributed by atoms with Crippen molar-refractivity contribution in [2.75, 3.05) is 0 Å². The molecular formula is C10H11N7OS. The molecule has 1 aromatic carbocycles. The summed E-state index contributed by atoms with van der Waals surface area (Å²) in [5, 5.41) is 15.5. The molecule has 0 amide bonds. The van der Waals surface area contributed by atoms with Crippen LogP contribution in [0.1, 0.15) is 0 Å². The Kier molecular flexibility index (Phi) is 3.76. The van der Waals surface area contributed by atoms with Crippen LogP contribution in [0.25, 0.3) is 10.9 Å². The molecule has 1 heterocycles. The first-order valence-corrected chi connectivity index (χ1v) is 6.20. The fourth-order valence-corrected chi connectivity index (χ4v) is 1.96. The molecule has 5 N–H and O–H groups in total. The number of fused-ring (bicyclic) bond motifs is 1. The van der Waals surface area contributed by atoms with E-state index in [-0.39, 0.29) is 22.6 Å². The smallest absolute Gasteiger partial charge is 0.278 e. The van der Waals surface area contributed by atoms with Gasteiger partial charge in [-0.15, -0.1) is 5.10 Å². The van der Waals surface area contributed by atoms with Crippen LogP contribution in [-0.2, 0) is 5.88 Å². The Labute approximate surface area is 112 Å². The number of nitrogens with zero attached hydrogens (tertiary/aromatic N) is 4. The van der Waals surface area contributed by atoms with Crippen LogP contribution in [0.15, 0.2) is 34.1 Å². The van der Waals surface area contributed by atoms with Crippen LogP contribution < -0.4 is 17.0 Å². The van der Waals surface area contributed by atoms with Gasteiger partial charge in [-0.05, 0) is 12.1 Å². The molecule has 2 rings (SSSR count). The number of benzene rings is 1. The first-order valence-electron chi connectivity index (χ1n) is 5.21. The van der Waals surface area contributed by atoms with Crippen molar-refractivity contribution in [3.8, 4) is 0 Å². The number of aromatic nitrogens is 3. The molecule has 0 unspecified atom stereocenters. The van der Waals surface area contributed by atoms with Crippen LogP contribution in [0.2, 0.25) is 0 Å². The highest BCUT2D eigenvalue weighted by atomic mass is 32.2. The number of thioether (sulfide) groups is 1. The average Bonchev–Trinajstić information content (AvgIpc) is 2.37. The highest BCUT2D eigenvalue weighted by Gasteiger charge is 2.06. The van der Waals surface area contributed by atoms with Crippen molar-refractivity contribution in [3.05, 3.63) is 34.6 Å². The molecule has 0 spiro atoms. The maximum Gasteiger partial charge on any atom is 0.278 e. The lowest BCUT2D eigenvalue weighted by Crippen LogP contribution is -2.25. The van der Waals surface area contributed by atoms with E-state index in [2.05, 4.69) is 15.3 Å². The van der Waals surface area contributed by atoms with Gasteiger partial charge in [-0.1, -0.05) is 29.1 Å². The molecule has 0 radical (unpaired) electrons. The van der Waals surface area contributed by atoms with Gasteiger partial charge in [-0.25, -0.2) is 0 Å². The first kappa shape index (κ1) is 13.0. The number of nitrogens with one attached hydrogen (secondary N) is 1. The fraction of sp³-hybridized carbons (Fsp3) is 0.100. The third kappa shape index (κ3) is 3.07. The predicted octanol–water partition coefficient (Wildman–Crippen LogP) is -0.310. The standard InChI is InChI=1S/C10H11N7OS/c11-9(12)14-10(13)19-5-17-8(18)6-3-1-2-4-7(6)15-16-17/h1-4H,5H2,(H5,11,12,13,14). The summed E-state index contributed by atoms with van der Waals surface area (Å²) in [5.74, 6) is -0.0822. The van der Waals surface area contributed by atoms with E-state index in [4.69, 9.17) is 16.9 Å². The largest absolute Gasteiger partial charge is 0.370 e. The Hall–Kier alpha value is -2.42. The minimum atomic E-state index is -0.268. The monoisotopic (exact) mass is 277 g/mol. The van der Waals surface area contributed by atoms with Crippen molar-refractivity contribution in [2.45, 2.75) is 5.88 Å². The van der Waals surface area contributed by atoms with Gasteiger partial charge in [0.1, 0.15) is 5.52 Å². The zero-order chi connectivity index (χ0) is 13.8. The third-order valence-corrected chi connectivity index (χ3v) is 2.92. The van der Waals surface area contributed by atoms with Gasteiger partial charge in [-0.2, -0.15) is 9.67 Å². The fourth-order valence-electron chi connectivity index (χ4n) is 1.38. The van der Waals surface area contributed by atoms with E-state index in [1.54, 1.807) is 24.3 Å². The van der Waals surface area contributed by atoms with Crippen molar-refractivity contribution in [2.24, 2.45) is 16.5 Å². The molecule has 8 nitrogen and oxygen atoms in total. The average molecular weight is 277 g/mol. The van der Waals surface area contributed by atoms with E-state index in [9.17, 15) is 4.79 Å². The maximum absolute atomic E-state index is 12.1. The predicted molar refractivity (Wildman–Crippen MR) is 74.9 cm³/mol. The summed E-state index contributed by atoms with van der Waals surface area (Å²) in [4.78, 5) is 15.6. The highest BCUT2D eigenvalue weighted by Crippen LogP contribution is 2.07. The lowest BCUT2D eigenvalue weighted by atomic mass is 10.2. The number of amidine groups is 1. The molecule has 0 aliphatic heterocycles. The van der Waals surface area contributed by atoms with Crippen molar-refractivity contribution in [1.82, 2.24) is 15.0 Å². The number of nitrogens with two attached hydrogens (primary N) is 2. The normalized spacial score (nSPS) is 10.3. The summed E-state index contributed by atoms with van der Waals surface area (Å²) in [6, 6.07) is 6.92. The summed E-state index contributed by atoms with van der Waals surface area (Å²) in [5.41, 5.74) is 10.6. The van der Waals surface area contributed by atoms with Gasteiger partial charge in [0, 0.05) is 0 Å². The van der Waals surface area contributed by atoms with E-state index in [1.807, 2.05) is 0 Å². The topological polar surface area (TPSA) is 136 Å². The third-order valence-electron chi connectivity index (χ3n) is 2.18. The second-order valence-electron chi connectivity index (χ2n) is 3.53. The van der Waals surface area contributed by atoms with Crippen molar-refractivity contribution in [3.63, 3.8) is 0 Å². The van der Waals surface area contributed by atoms with Crippen LogP contribution in [0.5, 0.6) is 0 Å². The second kappa shape index (κ2) is 5.48. The molecule has 0 fully saturated rings. The molecule has 98 valence electrons. The van der Waals surface area contributed by atoms with Gasteiger partial charge in [-0.3, -0.25) is 10.2 Å². The van der Waals surface area contributed by atoms with Gasteiger partial charge in [0.2, 0.25) is 0 Å². The quantitative estimate of drug-likeness (QED) is 0.509. The zero-order valence-electron chi connectivity index (χ0n) is 9.78. The van der Waals surface area contributed by atoms with Gasteiger partial charge in [0.05, 0.1) is 11.3 Å². The summed E-state index contributed by atoms with van der Waals surface area (Å²) >= 11 is 0.977. The summed E-state index contributed by atoms with van der Waals surface area (Å²) in [7, 11) is 0. The molecule has 9 heteroatoms. The van der Waals surface area contributed by atoms with Crippen molar-refractivity contribution >= 4 is 33.8 Å². The highest BCUT2D eigenvalue weighted by molar-refractivity contribution is 8.12. The Morgan fingerprint density at radius 1 is 1.42 bits per heavy atom. The van der Waals surface area contributed by atoms with E-state index in [0.29, 0.717) is 10.9 Å². The Balaban J connectivity index is 2.23. The summed E-state index contributed by atoms with van der Waals surface area (Å²) < 4.78 is 1.16. The van der Waals surface area contributed by atoms with Crippen LogP contribution in [-0.4, -0.2) is 26.1 Å². The molecule has 0 atom stereocenters. The Morgan fingerprint density at radius 3 is 2.89 bits per heavy atom. The molecule has 0 aliphatic rings. The van der Waals surface area contributed by atoms with Crippen LogP contribution in [0, 0.1) is 5.41 Å². The van der Waals surface area contributed by atoms with E-state index < -0.39 is 0 Å². The molecule has 0 saturated heterocycles. The lowest BCUT2D eigenvalue weighted by Gasteiger charge is -2.03. The Morgan fingerprint density at radius 2 is 2.16 bits per heavy atom. The van der Waals surface area contributed by atoms with Gasteiger partial charge >= 0.3 is 0 Å². The van der Waals surface area contributed by atoms with E-state index in [1.165, 1.54) is 0 Å². The van der Waals surface area contributed by atoms with Gasteiger partial charge in [0.25, 0.3) is 5.56 Å². The number of guanidine groups is 1. The number of rotatable bonds is 2. The van der Waals surface area contributed by atoms with Crippen LogP contribution in [0.3, 0.4) is 0 Å². The van der Waals surface area contributed by atoms with Gasteiger partial charge in [0.15, 0.2) is 11.1 Å². The summed E-state index contributed by atoms with van der Waals surface area (Å²) in [6.45, 7) is 0. The molecule has 1 aromatic heterocycles. The van der Waals surface area contributed by atoms with Crippen molar-refractivity contribution < 1.29 is 0 Å². The zero-order valence-corrected chi connectivity index (χ0v) is 10.6. The van der Waals surface area contributed by atoms with Gasteiger partial charge < -0.3 is 11.5 Å². The minimum Gasteiger partial charge on any atom is -0.370 e.